The molecule has 0 unspecified atom stereocenters. The van der Waals surface area contributed by atoms with Gasteiger partial charge in [0.2, 0.25) is 11.8 Å². The monoisotopic (exact) mass is 373 g/mol. The third-order valence-electron chi connectivity index (χ3n) is 3.66. The van der Waals surface area contributed by atoms with Crippen molar-refractivity contribution in [2.24, 2.45) is 7.05 Å². The number of aromatic nitrogens is 4. The van der Waals surface area contributed by atoms with Crippen LogP contribution < -0.4 is 14.8 Å². The zero-order valence-electron chi connectivity index (χ0n) is 14.4. The van der Waals surface area contributed by atoms with Crippen molar-refractivity contribution < 1.29 is 14.3 Å². The molecule has 8 nitrogen and oxygen atoms in total. The highest BCUT2D eigenvalue weighted by Crippen LogP contribution is 2.34. The van der Waals surface area contributed by atoms with Gasteiger partial charge in [-0.2, -0.15) is 5.10 Å². The summed E-state index contributed by atoms with van der Waals surface area (Å²) in [6.07, 6.45) is 4.47. The minimum Gasteiger partial charge on any atom is -0.481 e. The summed E-state index contributed by atoms with van der Waals surface area (Å²) in [4.78, 5) is 20.7. The second-order valence-electron chi connectivity index (χ2n) is 5.29. The summed E-state index contributed by atoms with van der Waals surface area (Å²) in [7, 11) is 4.78. The molecule has 0 saturated carbocycles. The quantitative estimate of drug-likeness (QED) is 0.739. The average Bonchev–Trinajstić information content (AvgIpc) is 3.00. The fourth-order valence-corrected chi connectivity index (χ4v) is 2.67. The second-order valence-corrected chi connectivity index (χ2v) is 5.70. The predicted octanol–water partition coefficient (Wildman–Crippen LogP) is 2.80. The number of methoxy groups -OCH3 is 2. The number of carbonyl (C=O) groups is 1. The lowest BCUT2D eigenvalue weighted by atomic mass is 10.1. The fraction of sp³-hybridized carbons (Fsp3) is 0.176. The normalized spacial score (nSPS) is 10.5. The van der Waals surface area contributed by atoms with E-state index in [1.165, 1.54) is 32.8 Å². The van der Waals surface area contributed by atoms with Crippen LogP contribution >= 0.6 is 11.6 Å². The highest BCUT2D eigenvalue weighted by atomic mass is 35.5. The van der Waals surface area contributed by atoms with Gasteiger partial charge in [-0.3, -0.25) is 9.48 Å². The second kappa shape index (κ2) is 7.40. The Morgan fingerprint density at radius 2 is 1.96 bits per heavy atom. The van der Waals surface area contributed by atoms with Gasteiger partial charge < -0.3 is 14.8 Å². The first kappa shape index (κ1) is 17.7. The van der Waals surface area contributed by atoms with E-state index in [0.717, 1.165) is 0 Å². The van der Waals surface area contributed by atoms with Crippen molar-refractivity contribution in [3.63, 3.8) is 0 Å². The first-order chi connectivity index (χ1) is 12.5. The summed E-state index contributed by atoms with van der Waals surface area (Å²) in [6.45, 7) is 0. The van der Waals surface area contributed by atoms with Gasteiger partial charge in [0.15, 0.2) is 0 Å². The Labute approximate surface area is 154 Å². The minimum atomic E-state index is -0.325. The zero-order valence-corrected chi connectivity index (χ0v) is 15.1. The number of halogens is 1. The van der Waals surface area contributed by atoms with E-state index in [2.05, 4.69) is 20.4 Å². The standard InChI is InChI=1S/C17H16ClN5O3/c1-23-15(13(18)9-21-23)12-6-11(8-20-17(12)26-3)22-16(24)10-4-5-14(25-2)19-7-10/h4-9H,1-3H3,(H,22,24). The number of aryl methyl sites for hydroxylation is 1. The number of anilines is 1. The average molecular weight is 374 g/mol. The molecular formula is C17H16ClN5O3. The van der Waals surface area contributed by atoms with E-state index >= 15 is 0 Å². The van der Waals surface area contributed by atoms with E-state index in [1.807, 2.05) is 0 Å². The van der Waals surface area contributed by atoms with Crippen LogP contribution in [0.25, 0.3) is 11.3 Å². The van der Waals surface area contributed by atoms with Gasteiger partial charge in [-0.1, -0.05) is 11.6 Å². The van der Waals surface area contributed by atoms with Crippen LogP contribution in [0.5, 0.6) is 11.8 Å². The van der Waals surface area contributed by atoms with Crippen molar-refractivity contribution in [3.05, 3.63) is 47.4 Å². The summed E-state index contributed by atoms with van der Waals surface area (Å²) in [5, 5.41) is 7.35. The van der Waals surface area contributed by atoms with Gasteiger partial charge in [0.1, 0.15) is 0 Å². The molecule has 0 aliphatic rings. The summed E-state index contributed by atoms with van der Waals surface area (Å²) in [5.74, 6) is 0.481. The predicted molar refractivity (Wildman–Crippen MR) is 96.7 cm³/mol. The van der Waals surface area contributed by atoms with E-state index in [0.29, 0.717) is 39.3 Å². The smallest absolute Gasteiger partial charge is 0.257 e. The maximum Gasteiger partial charge on any atom is 0.257 e. The molecule has 3 aromatic rings. The first-order valence-electron chi connectivity index (χ1n) is 7.56. The molecule has 0 fully saturated rings. The van der Waals surface area contributed by atoms with Gasteiger partial charge in [0.25, 0.3) is 5.91 Å². The van der Waals surface area contributed by atoms with E-state index < -0.39 is 0 Å². The molecule has 3 rings (SSSR count). The van der Waals surface area contributed by atoms with Gasteiger partial charge in [-0.05, 0) is 12.1 Å². The van der Waals surface area contributed by atoms with E-state index in [-0.39, 0.29) is 5.91 Å². The molecule has 1 N–H and O–H groups in total. The molecule has 134 valence electrons. The molecule has 0 aliphatic carbocycles. The van der Waals surface area contributed by atoms with Crippen LogP contribution in [0, 0.1) is 0 Å². The summed E-state index contributed by atoms with van der Waals surface area (Å²) in [6, 6.07) is 4.96. The van der Waals surface area contributed by atoms with E-state index in [9.17, 15) is 4.79 Å². The lowest BCUT2D eigenvalue weighted by Crippen LogP contribution is -2.13. The number of carbonyl (C=O) groups excluding carboxylic acids is 1. The van der Waals surface area contributed by atoms with Gasteiger partial charge in [-0.15, -0.1) is 0 Å². The number of pyridine rings is 2. The summed E-state index contributed by atoms with van der Waals surface area (Å²) >= 11 is 6.22. The van der Waals surface area contributed by atoms with Crippen molar-refractivity contribution in [1.82, 2.24) is 19.7 Å². The third-order valence-corrected chi connectivity index (χ3v) is 3.94. The van der Waals surface area contributed by atoms with Crippen molar-refractivity contribution in [1.29, 1.82) is 0 Å². The van der Waals surface area contributed by atoms with Crippen LogP contribution in [-0.2, 0) is 7.05 Å². The molecule has 0 aliphatic heterocycles. The van der Waals surface area contributed by atoms with E-state index in [1.54, 1.807) is 29.9 Å². The Morgan fingerprint density at radius 3 is 2.54 bits per heavy atom. The van der Waals surface area contributed by atoms with Crippen LogP contribution in [0.4, 0.5) is 5.69 Å². The van der Waals surface area contributed by atoms with Gasteiger partial charge in [0.05, 0.1) is 54.1 Å². The third kappa shape index (κ3) is 3.45. The molecule has 1 amide bonds. The number of nitrogens with zero attached hydrogens (tertiary/aromatic N) is 4. The highest BCUT2D eigenvalue weighted by molar-refractivity contribution is 6.33. The lowest BCUT2D eigenvalue weighted by molar-refractivity contribution is 0.102. The number of rotatable bonds is 5. The number of amides is 1. The van der Waals surface area contributed by atoms with Gasteiger partial charge in [-0.25, -0.2) is 9.97 Å². The van der Waals surface area contributed by atoms with Crippen LogP contribution in [-0.4, -0.2) is 39.9 Å². The molecule has 26 heavy (non-hydrogen) atoms. The van der Waals surface area contributed by atoms with Gasteiger partial charge >= 0.3 is 0 Å². The number of nitrogens with one attached hydrogen (secondary N) is 1. The lowest BCUT2D eigenvalue weighted by Gasteiger charge is -2.11. The van der Waals surface area contributed by atoms with Gasteiger partial charge in [0, 0.05) is 19.3 Å². The topological polar surface area (TPSA) is 91.2 Å². The van der Waals surface area contributed by atoms with Crippen LogP contribution in [0.3, 0.4) is 0 Å². The molecule has 9 heteroatoms. The molecule has 0 radical (unpaired) electrons. The number of hydrogen-bond donors (Lipinski definition) is 1. The maximum atomic E-state index is 12.4. The molecule has 3 aromatic heterocycles. The zero-order chi connectivity index (χ0) is 18.7. The first-order valence-corrected chi connectivity index (χ1v) is 7.94. The number of ether oxygens (including phenoxy) is 2. The van der Waals surface area contributed by atoms with Crippen molar-refractivity contribution in [3.8, 4) is 23.0 Å². The summed E-state index contributed by atoms with van der Waals surface area (Å²) in [5.41, 5.74) is 2.13. The Kier molecular flexibility index (Phi) is 5.04. The minimum absolute atomic E-state index is 0.325. The van der Waals surface area contributed by atoms with Crippen LogP contribution in [0.15, 0.2) is 36.8 Å². The molecule has 0 spiro atoms. The van der Waals surface area contributed by atoms with Crippen molar-refractivity contribution in [2.45, 2.75) is 0 Å². The Morgan fingerprint density at radius 1 is 1.15 bits per heavy atom. The largest absolute Gasteiger partial charge is 0.481 e. The Hall–Kier alpha value is -3.13. The van der Waals surface area contributed by atoms with Crippen molar-refractivity contribution >= 4 is 23.2 Å². The van der Waals surface area contributed by atoms with Crippen LogP contribution in [0.2, 0.25) is 5.02 Å². The molecule has 0 saturated heterocycles. The molecule has 0 aromatic carbocycles. The molecular weight excluding hydrogens is 358 g/mol. The van der Waals surface area contributed by atoms with Crippen molar-refractivity contribution in [2.75, 3.05) is 19.5 Å². The highest BCUT2D eigenvalue weighted by Gasteiger charge is 2.17. The van der Waals surface area contributed by atoms with E-state index in [4.69, 9.17) is 21.1 Å². The Bertz CT molecular complexity index is 921. The SMILES string of the molecule is COc1ccc(C(=O)Nc2cnc(OC)c(-c3c(Cl)cnn3C)c2)cn1. The molecule has 3 heterocycles. The molecule has 0 bridgehead atoms. The summed E-state index contributed by atoms with van der Waals surface area (Å²) < 4.78 is 11.9. The van der Waals surface area contributed by atoms with Crippen LogP contribution in [0.1, 0.15) is 10.4 Å². The molecule has 0 atom stereocenters. The Balaban J connectivity index is 1.91. The fourth-order valence-electron chi connectivity index (χ4n) is 2.41. The maximum absolute atomic E-state index is 12.4. The number of hydrogen-bond acceptors (Lipinski definition) is 6.